The molecule has 0 amide bonds. The molecule has 0 bridgehead atoms. The van der Waals surface area contributed by atoms with E-state index in [0.717, 1.165) is 83.2 Å². The van der Waals surface area contributed by atoms with Gasteiger partial charge in [0.1, 0.15) is 22.3 Å². The Morgan fingerprint density at radius 2 is 0.754 bits per heavy atom. The highest BCUT2D eigenvalue weighted by atomic mass is 16.3. The van der Waals surface area contributed by atoms with Crippen LogP contribution in [0.15, 0.2) is 233 Å². The van der Waals surface area contributed by atoms with Crippen molar-refractivity contribution in [2.24, 2.45) is 0 Å². The Labute approximate surface area is 353 Å². The number of para-hydroxylation sites is 1. The van der Waals surface area contributed by atoms with E-state index in [1.807, 2.05) is 18.2 Å². The lowest BCUT2D eigenvalue weighted by atomic mass is 9.92. The van der Waals surface area contributed by atoms with E-state index < -0.39 is 0 Å². The lowest BCUT2D eigenvalue weighted by Crippen LogP contribution is -2.09. The topological polar surface area (TPSA) is 29.5 Å². The first kappa shape index (κ1) is 34.9. The monoisotopic (exact) mass is 779 g/mol. The normalized spacial score (nSPS) is 11.6. The smallest absolute Gasteiger partial charge is 0.143 e. The predicted molar refractivity (Wildman–Crippen MR) is 255 cm³/mol. The number of nitrogens with zero attached hydrogens (tertiary/aromatic N) is 1. The van der Waals surface area contributed by atoms with Gasteiger partial charge in [-0.15, -0.1) is 0 Å². The molecule has 0 saturated heterocycles. The van der Waals surface area contributed by atoms with E-state index in [4.69, 9.17) is 8.83 Å². The van der Waals surface area contributed by atoms with Gasteiger partial charge in [0.25, 0.3) is 0 Å². The minimum absolute atomic E-state index is 0.843. The summed E-state index contributed by atoms with van der Waals surface area (Å²) in [5, 5.41) is 6.68. The van der Waals surface area contributed by atoms with E-state index in [0.29, 0.717) is 0 Å². The summed E-state index contributed by atoms with van der Waals surface area (Å²) in [6, 6.07) is 79.9. The third-order valence-electron chi connectivity index (χ3n) is 12.1. The van der Waals surface area contributed by atoms with Gasteiger partial charge in [0.15, 0.2) is 0 Å². The Hall–Kier alpha value is -8.14. The molecule has 12 aromatic rings. The second kappa shape index (κ2) is 14.3. The standard InChI is InChI=1S/C58H37NO2/c1-3-12-38(13-4-1)40-22-28-45(29-23-40)59(46-30-24-41(25-31-46)39-14-5-2-6-15-39)47-32-26-42(27-33-47)44-36-51(49-20-11-17-43-16-7-8-18-48(43)49)58-52(37-44)57-55(61-58)35-34-54-56(57)50-19-9-10-21-53(50)60-54/h1-37H. The molecule has 3 nitrogen and oxygen atoms in total. The number of furan rings is 2. The third-order valence-corrected chi connectivity index (χ3v) is 12.1. The fourth-order valence-electron chi connectivity index (χ4n) is 9.13. The van der Waals surface area contributed by atoms with Gasteiger partial charge >= 0.3 is 0 Å². The Morgan fingerprint density at radius 1 is 0.279 bits per heavy atom. The molecule has 0 spiro atoms. The minimum atomic E-state index is 0.843. The van der Waals surface area contributed by atoms with Crippen molar-refractivity contribution in [1.29, 1.82) is 0 Å². The largest absolute Gasteiger partial charge is 0.456 e. The average Bonchev–Trinajstić information content (AvgIpc) is 3.91. The van der Waals surface area contributed by atoms with Crippen LogP contribution in [0.2, 0.25) is 0 Å². The number of hydrogen-bond donors (Lipinski definition) is 0. The fraction of sp³-hybridized carbons (Fsp3) is 0. The first-order valence-corrected chi connectivity index (χ1v) is 20.7. The van der Waals surface area contributed by atoms with Gasteiger partial charge in [0, 0.05) is 44.2 Å². The summed E-state index contributed by atoms with van der Waals surface area (Å²) >= 11 is 0. The van der Waals surface area contributed by atoms with Gasteiger partial charge in [-0.2, -0.15) is 0 Å². The summed E-state index contributed by atoms with van der Waals surface area (Å²) < 4.78 is 13.3. The Morgan fingerprint density at radius 3 is 1.38 bits per heavy atom. The molecule has 0 aliphatic rings. The van der Waals surface area contributed by atoms with Crippen molar-refractivity contribution in [3.8, 4) is 44.5 Å². The number of hydrogen-bond acceptors (Lipinski definition) is 3. The second-order valence-electron chi connectivity index (χ2n) is 15.6. The highest BCUT2D eigenvalue weighted by Crippen LogP contribution is 2.46. The molecule has 0 unspecified atom stereocenters. The molecule has 0 aliphatic carbocycles. The maximum atomic E-state index is 6.88. The van der Waals surface area contributed by atoms with E-state index in [2.05, 4.69) is 211 Å². The summed E-state index contributed by atoms with van der Waals surface area (Å²) in [5.74, 6) is 0. The molecular formula is C58H37NO2. The van der Waals surface area contributed by atoms with Crippen molar-refractivity contribution in [2.75, 3.05) is 4.90 Å². The van der Waals surface area contributed by atoms with Gasteiger partial charge < -0.3 is 13.7 Å². The van der Waals surface area contributed by atoms with Crippen molar-refractivity contribution >= 4 is 71.7 Å². The van der Waals surface area contributed by atoms with Crippen LogP contribution >= 0.6 is 0 Å². The van der Waals surface area contributed by atoms with Crippen LogP contribution in [0.3, 0.4) is 0 Å². The number of anilines is 3. The average molecular weight is 780 g/mol. The Balaban J connectivity index is 1.02. The molecule has 0 radical (unpaired) electrons. The molecule has 0 atom stereocenters. The number of fused-ring (bicyclic) bond motifs is 8. The maximum Gasteiger partial charge on any atom is 0.143 e. The van der Waals surface area contributed by atoms with Crippen molar-refractivity contribution in [3.63, 3.8) is 0 Å². The van der Waals surface area contributed by atoms with Crippen LogP contribution in [-0.2, 0) is 0 Å². The molecule has 286 valence electrons. The van der Waals surface area contributed by atoms with Crippen LogP contribution in [0.5, 0.6) is 0 Å². The van der Waals surface area contributed by atoms with E-state index in [9.17, 15) is 0 Å². The van der Waals surface area contributed by atoms with Gasteiger partial charge in [0.05, 0.1) is 0 Å². The quantitative estimate of drug-likeness (QED) is 0.161. The van der Waals surface area contributed by atoms with E-state index >= 15 is 0 Å². The van der Waals surface area contributed by atoms with Crippen molar-refractivity contribution < 1.29 is 8.83 Å². The molecule has 0 saturated carbocycles. The summed E-state index contributed by atoms with van der Waals surface area (Å²) in [6.07, 6.45) is 0. The molecular weight excluding hydrogens is 743 g/mol. The number of benzene rings is 10. The zero-order valence-corrected chi connectivity index (χ0v) is 33.1. The minimum Gasteiger partial charge on any atom is -0.456 e. The zero-order chi connectivity index (χ0) is 40.3. The molecule has 2 heterocycles. The van der Waals surface area contributed by atoms with Gasteiger partial charge in [-0.1, -0.05) is 158 Å². The van der Waals surface area contributed by atoms with Gasteiger partial charge in [-0.25, -0.2) is 0 Å². The molecule has 61 heavy (non-hydrogen) atoms. The van der Waals surface area contributed by atoms with Crippen LogP contribution in [0.25, 0.3) is 99.2 Å². The highest BCUT2D eigenvalue weighted by Gasteiger charge is 2.21. The van der Waals surface area contributed by atoms with Crippen molar-refractivity contribution in [2.45, 2.75) is 0 Å². The molecule has 0 fully saturated rings. The summed E-state index contributed by atoms with van der Waals surface area (Å²) in [5.41, 5.74) is 15.9. The van der Waals surface area contributed by atoms with Crippen LogP contribution in [0, 0.1) is 0 Å². The van der Waals surface area contributed by atoms with Crippen LogP contribution in [0.4, 0.5) is 17.1 Å². The molecule has 0 aliphatic heterocycles. The van der Waals surface area contributed by atoms with Gasteiger partial charge in [0.2, 0.25) is 0 Å². The van der Waals surface area contributed by atoms with E-state index in [-0.39, 0.29) is 0 Å². The van der Waals surface area contributed by atoms with Gasteiger partial charge in [-0.05, 0) is 116 Å². The summed E-state index contributed by atoms with van der Waals surface area (Å²) in [6.45, 7) is 0. The molecule has 3 heteroatoms. The molecule has 10 aromatic carbocycles. The lowest BCUT2D eigenvalue weighted by molar-refractivity contribution is 0.663. The molecule has 12 rings (SSSR count). The zero-order valence-electron chi connectivity index (χ0n) is 33.1. The first-order valence-electron chi connectivity index (χ1n) is 20.7. The fourth-order valence-corrected chi connectivity index (χ4v) is 9.13. The predicted octanol–water partition coefficient (Wildman–Crippen LogP) is 16.8. The van der Waals surface area contributed by atoms with Crippen LogP contribution < -0.4 is 4.90 Å². The van der Waals surface area contributed by atoms with Gasteiger partial charge in [-0.3, -0.25) is 0 Å². The molecule has 2 aromatic heterocycles. The SMILES string of the molecule is c1ccc(-c2ccc(N(c3ccc(-c4ccccc4)cc3)c3ccc(-c4cc(-c5cccc6ccccc56)c5oc6ccc7oc8ccccc8c7c6c5c4)cc3)cc2)cc1. The summed E-state index contributed by atoms with van der Waals surface area (Å²) in [7, 11) is 0. The third kappa shape index (κ3) is 5.98. The number of rotatable bonds is 7. The van der Waals surface area contributed by atoms with Crippen LogP contribution in [-0.4, -0.2) is 0 Å². The Kier molecular flexibility index (Phi) is 8.17. The van der Waals surface area contributed by atoms with E-state index in [1.165, 1.54) is 33.0 Å². The lowest BCUT2D eigenvalue weighted by Gasteiger charge is -2.26. The maximum absolute atomic E-state index is 6.88. The van der Waals surface area contributed by atoms with Crippen LogP contribution in [0.1, 0.15) is 0 Å². The second-order valence-corrected chi connectivity index (χ2v) is 15.6. The van der Waals surface area contributed by atoms with Crippen molar-refractivity contribution in [3.05, 3.63) is 224 Å². The summed E-state index contributed by atoms with van der Waals surface area (Å²) in [4.78, 5) is 2.34. The highest BCUT2D eigenvalue weighted by molar-refractivity contribution is 6.27. The Bertz CT molecular complexity index is 3460. The first-order chi connectivity index (χ1) is 30.2. The van der Waals surface area contributed by atoms with Crippen molar-refractivity contribution in [1.82, 2.24) is 0 Å². The van der Waals surface area contributed by atoms with E-state index in [1.54, 1.807) is 0 Å². The molecule has 0 N–H and O–H groups in total.